The van der Waals surface area contributed by atoms with Gasteiger partial charge in [-0.25, -0.2) is 8.78 Å². The lowest BCUT2D eigenvalue weighted by Gasteiger charge is -2.06. The topological polar surface area (TPSA) is 56.1 Å². The number of alkyl halides is 2. The number of nitrogens with zero attached hydrogens (tertiary/aromatic N) is 2. The highest BCUT2D eigenvalue weighted by Gasteiger charge is 2.21. The lowest BCUT2D eigenvalue weighted by atomic mass is 10.4. The van der Waals surface area contributed by atoms with Gasteiger partial charge < -0.3 is 10.1 Å². The highest BCUT2D eigenvalue weighted by Crippen LogP contribution is 2.28. The molecule has 108 valence electrons. The number of hydrogen-bond acceptors (Lipinski definition) is 3. The Morgan fingerprint density at radius 3 is 2.79 bits per heavy atom. The van der Waals surface area contributed by atoms with Gasteiger partial charge in [0.2, 0.25) is 5.91 Å². The van der Waals surface area contributed by atoms with Crippen molar-refractivity contribution in [1.29, 1.82) is 0 Å². The Morgan fingerprint density at radius 2 is 2.26 bits per heavy atom. The molecule has 0 atom stereocenters. The van der Waals surface area contributed by atoms with Gasteiger partial charge in [0.05, 0.1) is 10.7 Å². The summed E-state index contributed by atoms with van der Waals surface area (Å²) in [6.45, 7) is 2.41. The van der Waals surface area contributed by atoms with Crippen molar-refractivity contribution in [1.82, 2.24) is 15.1 Å². The van der Waals surface area contributed by atoms with Crippen LogP contribution >= 0.6 is 11.6 Å². The zero-order chi connectivity index (χ0) is 14.4. The van der Waals surface area contributed by atoms with Gasteiger partial charge in [-0.1, -0.05) is 11.6 Å². The second kappa shape index (κ2) is 7.40. The van der Waals surface area contributed by atoms with Gasteiger partial charge in [0.15, 0.2) is 0 Å². The van der Waals surface area contributed by atoms with Crippen LogP contribution < -0.4 is 5.32 Å². The third-order valence-electron chi connectivity index (χ3n) is 2.51. The van der Waals surface area contributed by atoms with Crippen LogP contribution in [0.15, 0.2) is 0 Å². The van der Waals surface area contributed by atoms with Crippen molar-refractivity contribution in [3.8, 4) is 0 Å². The van der Waals surface area contributed by atoms with Gasteiger partial charge in [0.1, 0.15) is 12.2 Å². The summed E-state index contributed by atoms with van der Waals surface area (Å²) in [5, 5.41) is 6.19. The monoisotopic (exact) mass is 295 g/mol. The van der Waals surface area contributed by atoms with Crippen molar-refractivity contribution in [2.45, 2.75) is 26.3 Å². The van der Waals surface area contributed by atoms with Crippen LogP contribution in [0, 0.1) is 6.92 Å². The van der Waals surface area contributed by atoms with Crippen LogP contribution in [0.5, 0.6) is 0 Å². The minimum absolute atomic E-state index is 0.0952. The Kier molecular flexibility index (Phi) is 6.17. The van der Waals surface area contributed by atoms with Crippen molar-refractivity contribution < 1.29 is 18.3 Å². The number of ether oxygens (including phenoxy) is 1. The molecule has 1 amide bonds. The Bertz CT molecular complexity index is 438. The van der Waals surface area contributed by atoms with Gasteiger partial charge in [-0.15, -0.1) is 0 Å². The number of rotatable bonds is 7. The summed E-state index contributed by atoms with van der Waals surface area (Å²) in [6, 6.07) is 0. The van der Waals surface area contributed by atoms with E-state index in [0.29, 0.717) is 25.3 Å². The number of aromatic nitrogens is 2. The Labute approximate surface area is 114 Å². The van der Waals surface area contributed by atoms with Gasteiger partial charge in [0, 0.05) is 20.3 Å². The third-order valence-corrected chi connectivity index (χ3v) is 2.97. The fourth-order valence-electron chi connectivity index (χ4n) is 1.48. The lowest BCUT2D eigenvalue weighted by molar-refractivity contribution is -0.121. The van der Waals surface area contributed by atoms with Gasteiger partial charge in [0.25, 0.3) is 6.43 Å². The van der Waals surface area contributed by atoms with Crippen LogP contribution in [0.3, 0.4) is 0 Å². The van der Waals surface area contributed by atoms with Crippen LogP contribution in [0.4, 0.5) is 8.78 Å². The van der Waals surface area contributed by atoms with Gasteiger partial charge >= 0.3 is 0 Å². The summed E-state index contributed by atoms with van der Waals surface area (Å²) in [6.07, 6.45) is -2.07. The largest absolute Gasteiger partial charge is 0.385 e. The van der Waals surface area contributed by atoms with E-state index in [1.807, 2.05) is 0 Å². The van der Waals surface area contributed by atoms with Crippen molar-refractivity contribution in [2.75, 3.05) is 20.3 Å². The van der Waals surface area contributed by atoms with Gasteiger partial charge in [-0.2, -0.15) is 5.10 Å². The fourth-order valence-corrected chi connectivity index (χ4v) is 1.70. The summed E-state index contributed by atoms with van der Waals surface area (Å²) in [5.74, 6) is -0.306. The van der Waals surface area contributed by atoms with Crippen LogP contribution in [0.25, 0.3) is 0 Å². The van der Waals surface area contributed by atoms with E-state index >= 15 is 0 Å². The number of nitrogens with one attached hydrogen (secondary N) is 1. The summed E-state index contributed by atoms with van der Waals surface area (Å²) in [4.78, 5) is 11.6. The molecule has 0 aliphatic carbocycles. The third kappa shape index (κ3) is 4.43. The van der Waals surface area contributed by atoms with E-state index in [1.54, 1.807) is 14.0 Å². The predicted molar refractivity (Wildman–Crippen MR) is 66.4 cm³/mol. The van der Waals surface area contributed by atoms with Crippen molar-refractivity contribution in [3.05, 3.63) is 16.4 Å². The average molecular weight is 296 g/mol. The highest BCUT2D eigenvalue weighted by molar-refractivity contribution is 6.31. The van der Waals surface area contributed by atoms with Crippen molar-refractivity contribution >= 4 is 17.5 Å². The zero-order valence-electron chi connectivity index (χ0n) is 10.8. The first kappa shape index (κ1) is 15.8. The Hall–Kier alpha value is -1.21. The fraction of sp³-hybridized carbons (Fsp3) is 0.636. The number of halogens is 3. The molecule has 0 saturated carbocycles. The van der Waals surface area contributed by atoms with E-state index in [0.717, 1.165) is 0 Å². The number of carbonyl (C=O) groups is 1. The van der Waals surface area contributed by atoms with Gasteiger partial charge in [-0.05, 0) is 13.3 Å². The van der Waals surface area contributed by atoms with Crippen LogP contribution in [-0.4, -0.2) is 35.9 Å². The molecule has 8 heteroatoms. The normalized spacial score (nSPS) is 11.1. The SMILES string of the molecule is COCCCNC(=O)Cn1nc(C(F)F)c(Cl)c1C. The molecule has 0 unspecified atom stereocenters. The van der Waals surface area contributed by atoms with Crippen LogP contribution in [-0.2, 0) is 16.1 Å². The Balaban J connectivity index is 2.57. The standard InChI is InChI=1S/C11H16ClF2N3O2/c1-7-9(12)10(11(13)14)16-17(7)6-8(18)15-4-3-5-19-2/h11H,3-6H2,1-2H3,(H,15,18). The summed E-state index contributed by atoms with van der Waals surface area (Å²) < 4.78 is 31.2. The minimum Gasteiger partial charge on any atom is -0.385 e. The zero-order valence-corrected chi connectivity index (χ0v) is 11.5. The maximum atomic E-state index is 12.6. The number of carbonyl (C=O) groups excluding carboxylic acids is 1. The molecule has 0 fully saturated rings. The Morgan fingerprint density at radius 1 is 1.58 bits per heavy atom. The van der Waals surface area contributed by atoms with E-state index in [-0.39, 0.29) is 17.5 Å². The molecule has 1 rings (SSSR count). The first-order chi connectivity index (χ1) is 8.97. The van der Waals surface area contributed by atoms with E-state index < -0.39 is 12.1 Å². The summed E-state index contributed by atoms with van der Waals surface area (Å²) in [5.41, 5.74) is -0.143. The van der Waals surface area contributed by atoms with E-state index in [1.165, 1.54) is 4.68 Å². The summed E-state index contributed by atoms with van der Waals surface area (Å²) in [7, 11) is 1.57. The molecule has 0 spiro atoms. The molecule has 0 radical (unpaired) electrons. The smallest absolute Gasteiger partial charge is 0.283 e. The molecule has 0 aliphatic heterocycles. The maximum absolute atomic E-state index is 12.6. The average Bonchev–Trinajstić information content (AvgIpc) is 2.63. The second-order valence-corrected chi connectivity index (χ2v) is 4.32. The first-order valence-corrected chi connectivity index (χ1v) is 6.11. The molecular weight excluding hydrogens is 280 g/mol. The van der Waals surface area contributed by atoms with Crippen LogP contribution in [0.2, 0.25) is 5.02 Å². The molecule has 0 bridgehead atoms. The second-order valence-electron chi connectivity index (χ2n) is 3.94. The van der Waals surface area contributed by atoms with Crippen LogP contribution in [0.1, 0.15) is 24.2 Å². The molecule has 0 aromatic carbocycles. The van der Waals surface area contributed by atoms with E-state index in [2.05, 4.69) is 10.4 Å². The molecule has 0 aliphatic rings. The van der Waals surface area contributed by atoms with Crippen molar-refractivity contribution in [3.63, 3.8) is 0 Å². The minimum atomic E-state index is -2.75. The molecule has 19 heavy (non-hydrogen) atoms. The van der Waals surface area contributed by atoms with Crippen molar-refractivity contribution in [2.24, 2.45) is 0 Å². The molecule has 0 saturated heterocycles. The molecule has 5 nitrogen and oxygen atoms in total. The first-order valence-electron chi connectivity index (χ1n) is 5.74. The number of methoxy groups -OCH3 is 1. The number of hydrogen-bond donors (Lipinski definition) is 1. The molecule has 1 N–H and O–H groups in total. The summed E-state index contributed by atoms with van der Waals surface area (Å²) >= 11 is 5.73. The van der Waals surface area contributed by atoms with Gasteiger partial charge in [-0.3, -0.25) is 9.48 Å². The number of amides is 1. The van der Waals surface area contributed by atoms with E-state index in [4.69, 9.17) is 16.3 Å². The molecular formula is C11H16ClF2N3O2. The lowest BCUT2D eigenvalue weighted by Crippen LogP contribution is -2.29. The molecule has 1 heterocycles. The highest BCUT2D eigenvalue weighted by atomic mass is 35.5. The maximum Gasteiger partial charge on any atom is 0.283 e. The predicted octanol–water partition coefficient (Wildman–Crippen LogP) is 1.94. The molecule has 1 aromatic heterocycles. The van der Waals surface area contributed by atoms with E-state index in [9.17, 15) is 13.6 Å². The quantitative estimate of drug-likeness (QED) is 0.782. The molecule has 1 aromatic rings.